The first-order valence-electron chi connectivity index (χ1n) is 7.54. The maximum atomic E-state index is 14.3. The van der Waals surface area contributed by atoms with Crippen LogP contribution < -0.4 is 4.90 Å². The molecule has 0 N–H and O–H groups in total. The molecule has 1 atom stereocenters. The molecule has 23 heavy (non-hydrogen) atoms. The first-order valence-corrected chi connectivity index (χ1v) is 7.92. The van der Waals surface area contributed by atoms with E-state index in [1.54, 1.807) is 12.1 Å². The number of benzene rings is 2. The fraction of sp³-hybridized carbons (Fsp3) is 0.222. The van der Waals surface area contributed by atoms with E-state index in [-0.39, 0.29) is 11.9 Å². The zero-order valence-corrected chi connectivity index (χ0v) is 13.4. The van der Waals surface area contributed by atoms with Crippen molar-refractivity contribution in [2.75, 3.05) is 18.0 Å². The molecule has 2 aromatic carbocycles. The third-order valence-electron chi connectivity index (χ3n) is 4.31. The van der Waals surface area contributed by atoms with Crippen LogP contribution in [0, 0.1) is 5.82 Å². The van der Waals surface area contributed by atoms with Gasteiger partial charge in [0.15, 0.2) is 0 Å². The molecule has 0 saturated carbocycles. The summed E-state index contributed by atoms with van der Waals surface area (Å²) in [6, 6.07) is 12.6. The number of anilines is 1. The number of nitrogens with zero attached hydrogens (tertiary/aromatic N) is 3. The summed E-state index contributed by atoms with van der Waals surface area (Å²) < 4.78 is 14.3. The molecule has 5 heteroatoms. The highest BCUT2D eigenvalue weighted by atomic mass is 35.5. The molecule has 2 aliphatic rings. The lowest BCUT2D eigenvalue weighted by molar-refractivity contribution is 0.625. The highest BCUT2D eigenvalue weighted by molar-refractivity contribution is 6.31. The van der Waals surface area contributed by atoms with Crippen molar-refractivity contribution in [3.05, 3.63) is 64.4 Å². The van der Waals surface area contributed by atoms with Gasteiger partial charge >= 0.3 is 0 Å². The largest absolute Gasteiger partial charge is 0.323 e. The van der Waals surface area contributed by atoms with Gasteiger partial charge in [-0.25, -0.2) is 4.39 Å². The summed E-state index contributed by atoms with van der Waals surface area (Å²) in [5, 5.41) is 0.611. The van der Waals surface area contributed by atoms with Crippen LogP contribution in [0.3, 0.4) is 0 Å². The number of halogens is 2. The summed E-state index contributed by atoms with van der Waals surface area (Å²) in [4.78, 5) is 11.4. The summed E-state index contributed by atoms with van der Waals surface area (Å²) >= 11 is 6.20. The number of fused-ring (bicyclic) bond motifs is 3. The summed E-state index contributed by atoms with van der Waals surface area (Å²) in [7, 11) is 0. The Balaban J connectivity index is 1.95. The minimum Gasteiger partial charge on any atom is -0.323 e. The fourth-order valence-electron chi connectivity index (χ4n) is 3.24. The van der Waals surface area contributed by atoms with Crippen molar-refractivity contribution in [3.8, 4) is 0 Å². The second-order valence-electron chi connectivity index (χ2n) is 5.74. The van der Waals surface area contributed by atoms with Gasteiger partial charge in [-0.2, -0.15) is 0 Å². The van der Waals surface area contributed by atoms with Gasteiger partial charge in [-0.3, -0.25) is 9.98 Å². The van der Waals surface area contributed by atoms with E-state index in [0.29, 0.717) is 29.4 Å². The first kappa shape index (κ1) is 14.4. The van der Waals surface area contributed by atoms with E-state index < -0.39 is 0 Å². The number of aliphatic imine (C=N–C) groups is 2. The number of amidine groups is 1. The van der Waals surface area contributed by atoms with Gasteiger partial charge in [0.05, 0.1) is 30.5 Å². The van der Waals surface area contributed by atoms with E-state index >= 15 is 0 Å². The van der Waals surface area contributed by atoms with E-state index in [0.717, 1.165) is 17.1 Å². The van der Waals surface area contributed by atoms with Crippen LogP contribution in [0.2, 0.25) is 5.02 Å². The molecule has 0 amide bonds. The third-order valence-corrected chi connectivity index (χ3v) is 4.54. The zero-order chi connectivity index (χ0) is 16.0. The lowest BCUT2D eigenvalue weighted by Gasteiger charge is -2.26. The van der Waals surface area contributed by atoms with Crippen LogP contribution >= 0.6 is 11.6 Å². The quantitative estimate of drug-likeness (QED) is 0.728. The zero-order valence-electron chi connectivity index (χ0n) is 12.6. The predicted octanol–water partition coefficient (Wildman–Crippen LogP) is 3.94. The van der Waals surface area contributed by atoms with Crippen molar-refractivity contribution in [1.82, 2.24) is 0 Å². The molecule has 0 saturated heterocycles. The Morgan fingerprint density at radius 2 is 1.87 bits per heavy atom. The molecule has 0 radical (unpaired) electrons. The van der Waals surface area contributed by atoms with E-state index in [9.17, 15) is 4.39 Å². The normalized spacial score (nSPS) is 19.6. The maximum absolute atomic E-state index is 14.3. The average molecular weight is 331 g/mol. The number of hydrogen-bond donors (Lipinski definition) is 0. The van der Waals surface area contributed by atoms with E-state index in [1.165, 1.54) is 6.07 Å². The van der Waals surface area contributed by atoms with Crippen LogP contribution in [-0.2, 0) is 0 Å². The van der Waals surface area contributed by atoms with Crippen LogP contribution in [0.1, 0.15) is 18.1 Å². The molecular weight excluding hydrogens is 316 g/mol. The first-order chi connectivity index (χ1) is 11.1. The van der Waals surface area contributed by atoms with Crippen LogP contribution in [0.25, 0.3) is 0 Å². The van der Waals surface area contributed by atoms with Gasteiger partial charge in [-0.15, -0.1) is 0 Å². The summed E-state index contributed by atoms with van der Waals surface area (Å²) in [5.41, 5.74) is 2.99. The Labute approximate surface area is 139 Å². The molecule has 116 valence electrons. The van der Waals surface area contributed by atoms with Gasteiger partial charge in [0.25, 0.3) is 0 Å². The highest BCUT2D eigenvalue weighted by Gasteiger charge is 2.32. The molecular formula is C18H15ClFN3. The Morgan fingerprint density at radius 3 is 2.70 bits per heavy atom. The Kier molecular flexibility index (Phi) is 3.42. The van der Waals surface area contributed by atoms with Crippen molar-refractivity contribution in [3.63, 3.8) is 0 Å². The van der Waals surface area contributed by atoms with E-state index in [2.05, 4.69) is 9.89 Å². The van der Waals surface area contributed by atoms with E-state index in [4.69, 9.17) is 16.6 Å². The Morgan fingerprint density at radius 1 is 1.09 bits per heavy atom. The van der Waals surface area contributed by atoms with Crippen molar-refractivity contribution in [1.29, 1.82) is 0 Å². The molecule has 0 bridgehead atoms. The Bertz CT molecular complexity index is 844. The molecule has 2 aliphatic heterocycles. The van der Waals surface area contributed by atoms with Crippen LogP contribution in [0.15, 0.2) is 52.4 Å². The average Bonchev–Trinajstić information content (AvgIpc) is 2.82. The monoisotopic (exact) mass is 330 g/mol. The summed E-state index contributed by atoms with van der Waals surface area (Å²) in [6.07, 6.45) is 0. The van der Waals surface area contributed by atoms with Gasteiger partial charge in [-0.1, -0.05) is 23.7 Å². The molecule has 0 aromatic heterocycles. The number of rotatable bonds is 1. The smallest absolute Gasteiger partial charge is 0.132 e. The summed E-state index contributed by atoms with van der Waals surface area (Å²) in [5.74, 6) is 0.688. The fourth-order valence-corrected chi connectivity index (χ4v) is 3.42. The molecule has 1 unspecified atom stereocenters. The van der Waals surface area contributed by atoms with Gasteiger partial charge in [-0.05, 0) is 37.3 Å². The standard InChI is InChI=1S/C18H15ClFN3/c1-11-21-9-13-10-22-18(14-4-2-3-5-16(14)20)15-8-12(19)6-7-17(15)23(11)13/h2-8,13H,9-10H2,1H3/i1+1,9+1,11+1. The molecule has 4 rings (SSSR count). The summed E-state index contributed by atoms with van der Waals surface area (Å²) in [6.45, 7) is 3.28. The molecule has 2 heterocycles. The van der Waals surface area contributed by atoms with E-state index in [1.807, 2.05) is 31.2 Å². The third kappa shape index (κ3) is 2.34. The van der Waals surface area contributed by atoms with Gasteiger partial charge in [0.2, 0.25) is 0 Å². The molecule has 0 fully saturated rings. The SMILES string of the molecule is [13CH3][13C]1=N[13CH2]C2CN=C(c3ccccc3F)c3cc(Cl)ccc3N21. The second-order valence-corrected chi connectivity index (χ2v) is 6.18. The lowest BCUT2D eigenvalue weighted by Crippen LogP contribution is -2.37. The van der Waals surface area contributed by atoms with Crippen LogP contribution in [0.5, 0.6) is 0 Å². The van der Waals surface area contributed by atoms with Gasteiger partial charge in [0.1, 0.15) is 11.7 Å². The van der Waals surface area contributed by atoms with Crippen molar-refractivity contribution in [2.45, 2.75) is 13.0 Å². The molecule has 3 nitrogen and oxygen atoms in total. The molecule has 0 spiro atoms. The van der Waals surface area contributed by atoms with Crippen molar-refractivity contribution >= 4 is 28.8 Å². The van der Waals surface area contributed by atoms with Gasteiger partial charge < -0.3 is 4.90 Å². The molecule has 2 aromatic rings. The maximum Gasteiger partial charge on any atom is 0.132 e. The van der Waals surface area contributed by atoms with Crippen molar-refractivity contribution < 1.29 is 4.39 Å². The van der Waals surface area contributed by atoms with Crippen molar-refractivity contribution in [2.24, 2.45) is 9.98 Å². The second kappa shape index (κ2) is 5.46. The minimum atomic E-state index is -0.273. The minimum absolute atomic E-state index is 0.180. The van der Waals surface area contributed by atoms with Crippen LogP contribution in [0.4, 0.5) is 10.1 Å². The predicted molar refractivity (Wildman–Crippen MR) is 92.6 cm³/mol. The van der Waals surface area contributed by atoms with Crippen LogP contribution in [-0.4, -0.2) is 30.7 Å². The molecule has 0 aliphatic carbocycles. The highest BCUT2D eigenvalue weighted by Crippen LogP contribution is 2.33. The Hall–Kier alpha value is -2.20. The van der Waals surface area contributed by atoms with Gasteiger partial charge in [0, 0.05) is 16.1 Å². The lowest BCUT2D eigenvalue weighted by atomic mass is 10.00. The number of hydrogen-bond acceptors (Lipinski definition) is 3. The topological polar surface area (TPSA) is 28.0 Å².